The standard InChI is InChI=1S/C28H38O/c1-9-27(7,25-15-11-23(12-16-25)21(3)4)19-29-20-28(8,10-2)26-17-13-24(14-18-26)22(5)6/h11-18H,3,5,9-10,19-20H2,1-2,4,6-8H3. The van der Waals surface area contributed by atoms with Crippen LogP contribution in [-0.4, -0.2) is 13.2 Å². The molecule has 1 heteroatoms. The summed E-state index contributed by atoms with van der Waals surface area (Å²) < 4.78 is 6.37. The number of allylic oxidation sites excluding steroid dienone is 2. The van der Waals surface area contributed by atoms with Gasteiger partial charge in [0.2, 0.25) is 0 Å². The maximum absolute atomic E-state index is 6.37. The summed E-state index contributed by atoms with van der Waals surface area (Å²) in [4.78, 5) is 0. The zero-order valence-corrected chi connectivity index (χ0v) is 19.3. The molecule has 0 fully saturated rings. The quantitative estimate of drug-likeness (QED) is 0.402. The van der Waals surface area contributed by atoms with Crippen LogP contribution >= 0.6 is 0 Å². The molecule has 0 bridgehead atoms. The highest BCUT2D eigenvalue weighted by Gasteiger charge is 2.29. The molecule has 0 N–H and O–H groups in total. The molecule has 0 saturated heterocycles. The van der Waals surface area contributed by atoms with Crippen molar-refractivity contribution in [1.29, 1.82) is 0 Å². The van der Waals surface area contributed by atoms with Gasteiger partial charge in [0.15, 0.2) is 0 Å². The van der Waals surface area contributed by atoms with Crippen molar-refractivity contribution in [3.05, 3.63) is 83.9 Å². The Balaban J connectivity index is 2.10. The van der Waals surface area contributed by atoms with Gasteiger partial charge in [-0.3, -0.25) is 0 Å². The fourth-order valence-corrected chi connectivity index (χ4v) is 3.59. The van der Waals surface area contributed by atoms with Gasteiger partial charge in [0.25, 0.3) is 0 Å². The van der Waals surface area contributed by atoms with Gasteiger partial charge >= 0.3 is 0 Å². The minimum atomic E-state index is 0.00602. The smallest absolute Gasteiger partial charge is 0.0560 e. The highest BCUT2D eigenvalue weighted by molar-refractivity contribution is 5.62. The summed E-state index contributed by atoms with van der Waals surface area (Å²) in [5, 5.41) is 0. The summed E-state index contributed by atoms with van der Waals surface area (Å²) in [6.07, 6.45) is 2.07. The number of benzene rings is 2. The lowest BCUT2D eigenvalue weighted by Crippen LogP contribution is -2.33. The van der Waals surface area contributed by atoms with E-state index >= 15 is 0 Å². The van der Waals surface area contributed by atoms with Crippen molar-refractivity contribution in [2.45, 2.75) is 65.2 Å². The molecule has 0 heterocycles. The van der Waals surface area contributed by atoms with Crippen LogP contribution in [0.3, 0.4) is 0 Å². The van der Waals surface area contributed by atoms with Crippen LogP contribution in [0.1, 0.15) is 76.6 Å². The van der Waals surface area contributed by atoms with Gasteiger partial charge in [0.05, 0.1) is 13.2 Å². The maximum atomic E-state index is 6.37. The van der Waals surface area contributed by atoms with Gasteiger partial charge in [-0.25, -0.2) is 0 Å². The Hall–Kier alpha value is -2.12. The fourth-order valence-electron chi connectivity index (χ4n) is 3.59. The van der Waals surface area contributed by atoms with E-state index in [0.29, 0.717) is 0 Å². The summed E-state index contributed by atoms with van der Waals surface area (Å²) in [6, 6.07) is 17.6. The molecule has 0 amide bonds. The summed E-state index contributed by atoms with van der Waals surface area (Å²) in [6.45, 7) is 22.7. The Morgan fingerprint density at radius 1 is 0.690 bits per heavy atom. The molecule has 2 aromatic carbocycles. The molecular formula is C28H38O. The summed E-state index contributed by atoms with van der Waals surface area (Å²) in [7, 11) is 0. The molecule has 0 aliphatic heterocycles. The minimum Gasteiger partial charge on any atom is -0.380 e. The topological polar surface area (TPSA) is 9.23 Å². The van der Waals surface area contributed by atoms with Crippen molar-refractivity contribution in [3.8, 4) is 0 Å². The van der Waals surface area contributed by atoms with Crippen LogP contribution < -0.4 is 0 Å². The lowest BCUT2D eigenvalue weighted by atomic mass is 9.79. The third kappa shape index (κ3) is 5.48. The lowest BCUT2D eigenvalue weighted by molar-refractivity contribution is 0.0510. The lowest BCUT2D eigenvalue weighted by Gasteiger charge is -2.33. The van der Waals surface area contributed by atoms with Crippen molar-refractivity contribution in [2.24, 2.45) is 0 Å². The van der Waals surface area contributed by atoms with Crippen LogP contribution in [0, 0.1) is 0 Å². The van der Waals surface area contributed by atoms with Crippen LogP contribution in [0.2, 0.25) is 0 Å². The largest absolute Gasteiger partial charge is 0.380 e. The van der Waals surface area contributed by atoms with Crippen LogP contribution in [0.4, 0.5) is 0 Å². The highest BCUT2D eigenvalue weighted by atomic mass is 16.5. The third-order valence-electron chi connectivity index (χ3n) is 6.55. The normalized spacial score (nSPS) is 15.4. The van der Waals surface area contributed by atoms with Crippen LogP contribution in [-0.2, 0) is 15.6 Å². The van der Waals surface area contributed by atoms with E-state index in [1.165, 1.54) is 22.3 Å². The molecule has 2 aromatic rings. The average molecular weight is 391 g/mol. The van der Waals surface area contributed by atoms with Crippen molar-refractivity contribution < 1.29 is 4.74 Å². The second kappa shape index (κ2) is 9.59. The summed E-state index contributed by atoms with van der Waals surface area (Å²) in [5.74, 6) is 0. The maximum Gasteiger partial charge on any atom is 0.0560 e. The molecule has 0 aromatic heterocycles. The van der Waals surface area contributed by atoms with Crippen molar-refractivity contribution in [1.82, 2.24) is 0 Å². The van der Waals surface area contributed by atoms with Gasteiger partial charge in [-0.15, -0.1) is 0 Å². The predicted molar refractivity (Wildman–Crippen MR) is 128 cm³/mol. The Morgan fingerprint density at radius 3 is 1.24 bits per heavy atom. The van der Waals surface area contributed by atoms with Crippen molar-refractivity contribution >= 4 is 11.1 Å². The molecule has 0 saturated carbocycles. The van der Waals surface area contributed by atoms with E-state index in [1.54, 1.807) is 0 Å². The molecule has 0 aliphatic rings. The van der Waals surface area contributed by atoms with Crippen molar-refractivity contribution in [3.63, 3.8) is 0 Å². The first-order valence-electron chi connectivity index (χ1n) is 10.8. The first-order valence-corrected chi connectivity index (χ1v) is 10.8. The Kier molecular flexibility index (Phi) is 7.66. The monoisotopic (exact) mass is 390 g/mol. The van der Waals surface area contributed by atoms with E-state index < -0.39 is 0 Å². The van der Waals surface area contributed by atoms with E-state index in [9.17, 15) is 0 Å². The van der Waals surface area contributed by atoms with Crippen LogP contribution in [0.25, 0.3) is 11.1 Å². The Bertz CT molecular complexity index is 756. The summed E-state index contributed by atoms with van der Waals surface area (Å²) in [5.41, 5.74) is 7.26. The van der Waals surface area contributed by atoms with Gasteiger partial charge in [-0.1, -0.05) is 101 Å². The molecule has 0 spiro atoms. The van der Waals surface area contributed by atoms with Gasteiger partial charge in [0, 0.05) is 10.8 Å². The Labute approximate surface area is 178 Å². The number of ether oxygens (including phenoxy) is 1. The van der Waals surface area contributed by atoms with Gasteiger partial charge < -0.3 is 4.74 Å². The van der Waals surface area contributed by atoms with Crippen LogP contribution in [0.15, 0.2) is 61.7 Å². The zero-order valence-electron chi connectivity index (χ0n) is 19.3. The first-order chi connectivity index (χ1) is 13.6. The van der Waals surface area contributed by atoms with Gasteiger partial charge in [-0.2, -0.15) is 0 Å². The molecule has 29 heavy (non-hydrogen) atoms. The van der Waals surface area contributed by atoms with Gasteiger partial charge in [0.1, 0.15) is 0 Å². The molecule has 2 unspecified atom stereocenters. The highest BCUT2D eigenvalue weighted by Crippen LogP contribution is 2.32. The minimum absolute atomic E-state index is 0.00602. The summed E-state index contributed by atoms with van der Waals surface area (Å²) >= 11 is 0. The van der Waals surface area contributed by atoms with E-state index in [2.05, 4.69) is 89.4 Å². The van der Waals surface area contributed by atoms with E-state index in [1.807, 2.05) is 13.8 Å². The van der Waals surface area contributed by atoms with Gasteiger partial charge in [-0.05, 0) is 48.9 Å². The second-order valence-electron chi connectivity index (χ2n) is 9.04. The molecule has 2 atom stereocenters. The predicted octanol–water partition coefficient (Wildman–Crippen LogP) is 7.81. The van der Waals surface area contributed by atoms with E-state index in [0.717, 1.165) is 37.2 Å². The number of hydrogen-bond acceptors (Lipinski definition) is 1. The number of hydrogen-bond donors (Lipinski definition) is 0. The molecule has 1 nitrogen and oxygen atoms in total. The molecular weight excluding hydrogens is 352 g/mol. The van der Waals surface area contributed by atoms with Crippen LogP contribution in [0.5, 0.6) is 0 Å². The third-order valence-corrected chi connectivity index (χ3v) is 6.55. The second-order valence-corrected chi connectivity index (χ2v) is 9.04. The van der Waals surface area contributed by atoms with Crippen molar-refractivity contribution in [2.75, 3.05) is 13.2 Å². The average Bonchev–Trinajstić information content (AvgIpc) is 2.73. The molecule has 0 radical (unpaired) electrons. The fraction of sp³-hybridized carbons (Fsp3) is 0.429. The zero-order chi connectivity index (χ0) is 21.7. The number of rotatable bonds is 10. The molecule has 2 rings (SSSR count). The molecule has 0 aliphatic carbocycles. The Morgan fingerprint density at radius 2 is 1.00 bits per heavy atom. The molecule has 156 valence electrons. The SMILES string of the molecule is C=C(C)c1ccc(C(C)(CC)COCC(C)(CC)c2ccc(C(=C)C)cc2)cc1. The first kappa shape index (κ1) is 23.2. The van der Waals surface area contributed by atoms with E-state index in [4.69, 9.17) is 4.74 Å². The van der Waals surface area contributed by atoms with E-state index in [-0.39, 0.29) is 10.8 Å².